The minimum atomic E-state index is -0.588. The predicted molar refractivity (Wildman–Crippen MR) is 75.1 cm³/mol. The van der Waals surface area contributed by atoms with Gasteiger partial charge in [0.05, 0.1) is 30.8 Å². The number of aliphatic hydroxyl groups is 1. The highest BCUT2D eigenvalue weighted by atomic mass is 79.9. The fourth-order valence-electron chi connectivity index (χ4n) is 1.83. The number of methoxy groups -OCH3 is 2. The summed E-state index contributed by atoms with van der Waals surface area (Å²) in [5, 5.41) is 9.99. The first-order valence-electron chi connectivity index (χ1n) is 5.90. The molecule has 0 aromatic heterocycles. The summed E-state index contributed by atoms with van der Waals surface area (Å²) in [6.07, 6.45) is 0.947. The summed E-state index contributed by atoms with van der Waals surface area (Å²) < 4.78 is 11.3. The Balaban J connectivity index is 3.12. The van der Waals surface area contributed by atoms with Crippen molar-refractivity contribution in [3.8, 4) is 11.5 Å². The van der Waals surface area contributed by atoms with E-state index in [1.165, 1.54) is 0 Å². The Kier molecular flexibility index (Phi) is 5.91. The molecule has 0 saturated carbocycles. The third kappa shape index (κ3) is 3.37. The van der Waals surface area contributed by atoms with Crippen LogP contribution in [-0.4, -0.2) is 25.4 Å². The zero-order valence-corrected chi connectivity index (χ0v) is 12.5. The number of aliphatic hydroxyl groups excluding tert-OH is 1. The van der Waals surface area contributed by atoms with Gasteiger partial charge in [0.15, 0.2) is 0 Å². The van der Waals surface area contributed by atoms with Crippen LogP contribution in [0.5, 0.6) is 11.5 Å². The van der Waals surface area contributed by atoms with E-state index in [2.05, 4.69) is 15.9 Å². The van der Waals surface area contributed by atoms with E-state index in [1.807, 2.05) is 6.92 Å². The zero-order chi connectivity index (χ0) is 13.7. The van der Waals surface area contributed by atoms with Gasteiger partial charge in [-0.1, -0.05) is 13.3 Å². The Morgan fingerprint density at radius 1 is 1.28 bits per heavy atom. The fourth-order valence-corrected chi connectivity index (χ4v) is 2.31. The van der Waals surface area contributed by atoms with Crippen LogP contribution in [-0.2, 0) is 0 Å². The van der Waals surface area contributed by atoms with Crippen LogP contribution in [0.1, 0.15) is 31.4 Å². The second-order valence-corrected chi connectivity index (χ2v) is 4.96. The second-order valence-electron chi connectivity index (χ2n) is 4.11. The van der Waals surface area contributed by atoms with E-state index in [1.54, 1.807) is 26.4 Å². The predicted octanol–water partition coefficient (Wildman–Crippen LogP) is 2.63. The molecule has 0 heterocycles. The maximum absolute atomic E-state index is 9.99. The third-order valence-electron chi connectivity index (χ3n) is 2.86. The van der Waals surface area contributed by atoms with E-state index < -0.39 is 12.1 Å². The maximum Gasteiger partial charge on any atom is 0.133 e. The Morgan fingerprint density at radius 3 is 2.39 bits per heavy atom. The van der Waals surface area contributed by atoms with Crippen LogP contribution < -0.4 is 15.2 Å². The molecule has 5 heteroatoms. The van der Waals surface area contributed by atoms with Crippen LogP contribution in [0, 0.1) is 0 Å². The molecule has 0 bridgehead atoms. The molecule has 0 amide bonds. The van der Waals surface area contributed by atoms with Gasteiger partial charge in [-0.3, -0.25) is 0 Å². The Morgan fingerprint density at radius 2 is 1.89 bits per heavy atom. The second kappa shape index (κ2) is 6.97. The lowest BCUT2D eigenvalue weighted by Gasteiger charge is -2.22. The summed E-state index contributed by atoms with van der Waals surface area (Å²) in [5.74, 6) is 1.32. The van der Waals surface area contributed by atoms with Crippen molar-refractivity contribution < 1.29 is 14.6 Å². The van der Waals surface area contributed by atoms with Gasteiger partial charge in [0, 0.05) is 5.56 Å². The maximum atomic E-state index is 9.99. The molecule has 4 nitrogen and oxygen atoms in total. The summed E-state index contributed by atoms with van der Waals surface area (Å²) in [6, 6.07) is 3.11. The van der Waals surface area contributed by atoms with Crippen LogP contribution in [0.3, 0.4) is 0 Å². The van der Waals surface area contributed by atoms with E-state index in [-0.39, 0.29) is 0 Å². The van der Waals surface area contributed by atoms with Crippen molar-refractivity contribution in [1.82, 2.24) is 0 Å². The SMILES string of the molecule is CCC[C@@H](O)[C@@H](N)c1cc(OC)c(Br)cc1OC. The van der Waals surface area contributed by atoms with Gasteiger partial charge in [0.2, 0.25) is 0 Å². The molecule has 18 heavy (non-hydrogen) atoms. The van der Waals surface area contributed by atoms with Gasteiger partial charge in [-0.05, 0) is 34.5 Å². The van der Waals surface area contributed by atoms with Gasteiger partial charge < -0.3 is 20.3 Å². The third-order valence-corrected chi connectivity index (χ3v) is 3.48. The molecule has 0 aliphatic carbocycles. The number of hydrogen-bond acceptors (Lipinski definition) is 4. The van der Waals surface area contributed by atoms with Gasteiger partial charge in [-0.2, -0.15) is 0 Å². The van der Waals surface area contributed by atoms with E-state index in [0.29, 0.717) is 17.9 Å². The molecule has 0 aliphatic heterocycles. The lowest BCUT2D eigenvalue weighted by molar-refractivity contribution is 0.133. The van der Waals surface area contributed by atoms with E-state index in [0.717, 1.165) is 16.5 Å². The zero-order valence-electron chi connectivity index (χ0n) is 10.9. The Hall–Kier alpha value is -0.780. The molecule has 102 valence electrons. The quantitative estimate of drug-likeness (QED) is 0.846. The summed E-state index contributed by atoms with van der Waals surface area (Å²) in [6.45, 7) is 2.01. The Bertz CT molecular complexity index is 398. The van der Waals surface area contributed by atoms with Gasteiger partial charge in [-0.15, -0.1) is 0 Å². The number of benzene rings is 1. The van der Waals surface area contributed by atoms with Crippen LogP contribution in [0.4, 0.5) is 0 Å². The molecule has 0 radical (unpaired) electrons. The highest BCUT2D eigenvalue weighted by Crippen LogP contribution is 2.36. The largest absolute Gasteiger partial charge is 0.496 e. The van der Waals surface area contributed by atoms with Crippen molar-refractivity contribution in [2.24, 2.45) is 5.73 Å². The van der Waals surface area contributed by atoms with Crippen LogP contribution >= 0.6 is 15.9 Å². The van der Waals surface area contributed by atoms with Gasteiger partial charge in [0.25, 0.3) is 0 Å². The van der Waals surface area contributed by atoms with E-state index in [9.17, 15) is 5.11 Å². The highest BCUT2D eigenvalue weighted by molar-refractivity contribution is 9.10. The van der Waals surface area contributed by atoms with Gasteiger partial charge >= 0.3 is 0 Å². The number of nitrogens with two attached hydrogens (primary N) is 1. The topological polar surface area (TPSA) is 64.7 Å². The molecular formula is C13H20BrNO3. The molecule has 2 atom stereocenters. The minimum Gasteiger partial charge on any atom is -0.496 e. The standard InChI is InChI=1S/C13H20BrNO3/c1-4-5-10(16)13(15)8-6-12(18-3)9(14)7-11(8)17-2/h6-7,10,13,16H,4-5,15H2,1-3H3/t10-,13+/m1/s1. The molecular weight excluding hydrogens is 298 g/mol. The average molecular weight is 318 g/mol. The van der Waals surface area contributed by atoms with Crippen molar-refractivity contribution >= 4 is 15.9 Å². The first-order chi connectivity index (χ1) is 8.54. The highest BCUT2D eigenvalue weighted by Gasteiger charge is 2.21. The number of halogens is 1. The van der Waals surface area contributed by atoms with Gasteiger partial charge in [0.1, 0.15) is 11.5 Å². The molecule has 0 aliphatic rings. The van der Waals surface area contributed by atoms with E-state index >= 15 is 0 Å². The molecule has 3 N–H and O–H groups in total. The molecule has 1 aromatic rings. The number of hydrogen-bond donors (Lipinski definition) is 2. The number of rotatable bonds is 6. The van der Waals surface area contributed by atoms with Crippen molar-refractivity contribution in [3.63, 3.8) is 0 Å². The van der Waals surface area contributed by atoms with Crippen LogP contribution in [0.25, 0.3) is 0 Å². The van der Waals surface area contributed by atoms with Crippen molar-refractivity contribution in [1.29, 1.82) is 0 Å². The van der Waals surface area contributed by atoms with Crippen molar-refractivity contribution in [2.75, 3.05) is 14.2 Å². The monoisotopic (exact) mass is 317 g/mol. The molecule has 0 saturated heterocycles. The summed E-state index contributed by atoms with van der Waals surface area (Å²) >= 11 is 3.39. The average Bonchev–Trinajstić information content (AvgIpc) is 2.37. The van der Waals surface area contributed by atoms with Gasteiger partial charge in [-0.25, -0.2) is 0 Å². The first kappa shape index (κ1) is 15.3. The molecule has 0 fully saturated rings. The van der Waals surface area contributed by atoms with Crippen LogP contribution in [0.15, 0.2) is 16.6 Å². The van der Waals surface area contributed by atoms with E-state index in [4.69, 9.17) is 15.2 Å². The lowest BCUT2D eigenvalue weighted by Crippen LogP contribution is -2.26. The first-order valence-corrected chi connectivity index (χ1v) is 6.69. The fraction of sp³-hybridized carbons (Fsp3) is 0.538. The summed E-state index contributed by atoms with van der Waals surface area (Å²) in [4.78, 5) is 0. The number of ether oxygens (including phenoxy) is 2. The smallest absolute Gasteiger partial charge is 0.133 e. The molecule has 0 spiro atoms. The van der Waals surface area contributed by atoms with Crippen LogP contribution in [0.2, 0.25) is 0 Å². The molecule has 0 unspecified atom stereocenters. The lowest BCUT2D eigenvalue weighted by atomic mass is 9.98. The van der Waals surface area contributed by atoms with Crippen molar-refractivity contribution in [3.05, 3.63) is 22.2 Å². The summed E-state index contributed by atoms with van der Waals surface area (Å²) in [7, 11) is 3.17. The molecule has 1 rings (SSSR count). The van der Waals surface area contributed by atoms with Crippen molar-refractivity contribution in [2.45, 2.75) is 31.9 Å². The summed E-state index contributed by atoms with van der Waals surface area (Å²) in [5.41, 5.74) is 6.82. The Labute approximate surface area is 116 Å². The minimum absolute atomic E-state index is 0.484. The molecule has 1 aromatic carbocycles. The normalized spacial score (nSPS) is 14.1.